The second kappa shape index (κ2) is 4.33. The van der Waals surface area contributed by atoms with E-state index in [-0.39, 0.29) is 24.4 Å². The number of nitrogens with one attached hydrogen (secondary N) is 1. The van der Waals surface area contributed by atoms with Gasteiger partial charge in [-0.1, -0.05) is 37.9 Å². The molecular formula is C12H17ClN2O2. The van der Waals surface area contributed by atoms with Crippen LogP contribution in [0.2, 0.25) is 0 Å². The van der Waals surface area contributed by atoms with Gasteiger partial charge in [0.2, 0.25) is 0 Å². The molecule has 1 saturated heterocycles. The predicted molar refractivity (Wildman–Crippen MR) is 65.6 cm³/mol. The molecule has 2 aliphatic rings. The summed E-state index contributed by atoms with van der Waals surface area (Å²) in [6, 6.07) is -0.342. The monoisotopic (exact) mass is 256 g/mol. The van der Waals surface area contributed by atoms with E-state index in [0.717, 1.165) is 25.7 Å². The highest BCUT2D eigenvalue weighted by molar-refractivity contribution is 6.30. The minimum atomic E-state index is -0.693. The minimum absolute atomic E-state index is 0.0979. The molecule has 5 heteroatoms. The lowest BCUT2D eigenvalue weighted by atomic mass is 9.73. The maximum absolute atomic E-state index is 12.4. The summed E-state index contributed by atoms with van der Waals surface area (Å²) in [6.07, 6.45) is 3.80. The number of imide groups is 1. The molecule has 1 N–H and O–H groups in total. The molecule has 0 aromatic rings. The number of urea groups is 1. The lowest BCUT2D eigenvalue weighted by Gasteiger charge is -2.36. The van der Waals surface area contributed by atoms with E-state index in [1.807, 2.05) is 6.92 Å². The van der Waals surface area contributed by atoms with E-state index in [4.69, 9.17) is 11.6 Å². The molecule has 0 unspecified atom stereocenters. The van der Waals surface area contributed by atoms with Gasteiger partial charge in [-0.15, -0.1) is 0 Å². The third kappa shape index (κ3) is 1.95. The van der Waals surface area contributed by atoms with Gasteiger partial charge in [0, 0.05) is 5.03 Å². The van der Waals surface area contributed by atoms with Gasteiger partial charge >= 0.3 is 6.03 Å². The maximum Gasteiger partial charge on any atom is 0.325 e. The number of carbonyl (C=O) groups is 2. The van der Waals surface area contributed by atoms with E-state index in [9.17, 15) is 9.59 Å². The van der Waals surface area contributed by atoms with Crippen LogP contribution in [-0.4, -0.2) is 28.9 Å². The third-order valence-corrected chi connectivity index (χ3v) is 3.95. The van der Waals surface area contributed by atoms with Gasteiger partial charge < -0.3 is 5.32 Å². The minimum Gasteiger partial charge on any atom is -0.323 e. The van der Waals surface area contributed by atoms with Crippen molar-refractivity contribution in [1.82, 2.24) is 10.2 Å². The summed E-state index contributed by atoms with van der Waals surface area (Å²) in [5, 5.41) is 3.16. The molecule has 1 aliphatic heterocycles. The fraction of sp³-hybridized carbons (Fsp3) is 0.667. The van der Waals surface area contributed by atoms with E-state index in [1.165, 1.54) is 4.90 Å². The Morgan fingerprint density at radius 1 is 1.59 bits per heavy atom. The average Bonchev–Trinajstić information content (AvgIpc) is 2.48. The zero-order valence-corrected chi connectivity index (χ0v) is 10.7. The van der Waals surface area contributed by atoms with Gasteiger partial charge in [-0.25, -0.2) is 4.79 Å². The standard InChI is InChI=1S/C12H17ClN2O2/c1-8-5-3-4-6-12(8)10(16)15(7-9(2)13)11(17)14-12/h8H,2-7H2,1H3,(H,14,17)/t8-,12+/m0/s1. The van der Waals surface area contributed by atoms with E-state index < -0.39 is 5.54 Å². The maximum atomic E-state index is 12.4. The number of amides is 3. The van der Waals surface area contributed by atoms with Crippen LogP contribution in [0.1, 0.15) is 32.6 Å². The topological polar surface area (TPSA) is 49.4 Å². The molecule has 0 aromatic heterocycles. The molecule has 0 aromatic carbocycles. The molecule has 2 rings (SSSR count). The molecule has 0 bridgehead atoms. The average molecular weight is 257 g/mol. The lowest BCUT2D eigenvalue weighted by Crippen LogP contribution is -2.53. The Balaban J connectivity index is 2.24. The van der Waals surface area contributed by atoms with Crippen molar-refractivity contribution in [1.29, 1.82) is 0 Å². The number of hydrogen-bond acceptors (Lipinski definition) is 2. The summed E-state index contributed by atoms with van der Waals surface area (Å²) in [6.45, 7) is 5.65. The largest absolute Gasteiger partial charge is 0.325 e. The molecule has 1 heterocycles. The van der Waals surface area contributed by atoms with Gasteiger partial charge in [0.05, 0.1) is 6.54 Å². The first-order valence-electron chi connectivity index (χ1n) is 5.95. The van der Waals surface area contributed by atoms with Gasteiger partial charge in [-0.3, -0.25) is 9.69 Å². The highest BCUT2D eigenvalue weighted by Crippen LogP contribution is 2.38. The van der Waals surface area contributed by atoms with Crippen LogP contribution in [0.3, 0.4) is 0 Å². The summed E-state index contributed by atoms with van der Waals surface area (Å²) >= 11 is 5.68. The second-order valence-corrected chi connectivity index (χ2v) is 5.49. The Kier molecular flexibility index (Phi) is 3.17. The fourth-order valence-electron chi connectivity index (χ4n) is 2.81. The highest BCUT2D eigenvalue weighted by atomic mass is 35.5. The molecule has 3 amide bonds. The van der Waals surface area contributed by atoms with E-state index in [1.54, 1.807) is 0 Å². The van der Waals surface area contributed by atoms with Crippen molar-refractivity contribution in [2.24, 2.45) is 5.92 Å². The van der Waals surface area contributed by atoms with Crippen molar-refractivity contribution in [3.63, 3.8) is 0 Å². The van der Waals surface area contributed by atoms with E-state index >= 15 is 0 Å². The summed E-state index contributed by atoms with van der Waals surface area (Å²) < 4.78 is 0. The van der Waals surface area contributed by atoms with E-state index in [2.05, 4.69) is 11.9 Å². The number of halogens is 1. The Morgan fingerprint density at radius 2 is 2.29 bits per heavy atom. The smallest absolute Gasteiger partial charge is 0.323 e. The predicted octanol–water partition coefficient (Wildman–Crippen LogP) is 2.24. The number of carbonyl (C=O) groups excluding carboxylic acids is 2. The molecule has 17 heavy (non-hydrogen) atoms. The van der Waals surface area contributed by atoms with Crippen molar-refractivity contribution >= 4 is 23.5 Å². The van der Waals surface area contributed by atoms with Gasteiger partial charge in [0.25, 0.3) is 5.91 Å². The highest BCUT2D eigenvalue weighted by Gasteiger charge is 2.54. The molecule has 1 aliphatic carbocycles. The van der Waals surface area contributed by atoms with Crippen molar-refractivity contribution in [2.75, 3.05) is 6.54 Å². The quantitative estimate of drug-likeness (QED) is 0.771. The molecule has 94 valence electrons. The third-order valence-electron chi connectivity index (χ3n) is 3.83. The normalized spacial score (nSPS) is 33.1. The molecule has 4 nitrogen and oxygen atoms in total. The molecular weight excluding hydrogens is 240 g/mol. The zero-order valence-electron chi connectivity index (χ0n) is 9.96. The molecule has 0 radical (unpaired) electrons. The van der Waals surface area contributed by atoms with Crippen LogP contribution in [-0.2, 0) is 4.79 Å². The van der Waals surface area contributed by atoms with Gasteiger partial charge in [-0.05, 0) is 18.8 Å². The Morgan fingerprint density at radius 3 is 2.88 bits per heavy atom. The molecule has 2 atom stereocenters. The zero-order chi connectivity index (χ0) is 12.6. The van der Waals surface area contributed by atoms with Crippen molar-refractivity contribution in [3.8, 4) is 0 Å². The van der Waals surface area contributed by atoms with Gasteiger partial charge in [0.1, 0.15) is 5.54 Å². The van der Waals surface area contributed by atoms with Crippen molar-refractivity contribution in [2.45, 2.75) is 38.1 Å². The summed E-state index contributed by atoms with van der Waals surface area (Å²) in [5.41, 5.74) is -0.693. The Labute approximate surface area is 106 Å². The number of rotatable bonds is 2. The van der Waals surface area contributed by atoms with Crippen LogP contribution in [0, 0.1) is 5.92 Å². The van der Waals surface area contributed by atoms with Crippen LogP contribution in [0.25, 0.3) is 0 Å². The molecule has 2 fully saturated rings. The van der Waals surface area contributed by atoms with Crippen LogP contribution in [0.5, 0.6) is 0 Å². The van der Waals surface area contributed by atoms with E-state index in [0.29, 0.717) is 5.03 Å². The molecule has 1 saturated carbocycles. The Hall–Kier alpha value is -1.03. The van der Waals surface area contributed by atoms with Crippen LogP contribution in [0.4, 0.5) is 4.79 Å². The first-order valence-corrected chi connectivity index (χ1v) is 6.32. The lowest BCUT2D eigenvalue weighted by molar-refractivity contribution is -0.133. The van der Waals surface area contributed by atoms with Crippen LogP contribution >= 0.6 is 11.6 Å². The number of nitrogens with zero attached hydrogens (tertiary/aromatic N) is 1. The SMILES string of the molecule is C=C(Cl)CN1C(=O)N[C@@]2(CCCC[C@@H]2C)C1=O. The van der Waals surface area contributed by atoms with Crippen molar-refractivity contribution < 1.29 is 9.59 Å². The first-order chi connectivity index (χ1) is 7.97. The fourth-order valence-corrected chi connectivity index (χ4v) is 2.93. The van der Waals surface area contributed by atoms with Gasteiger partial charge in [0.15, 0.2) is 0 Å². The number of hydrogen-bond donors (Lipinski definition) is 1. The van der Waals surface area contributed by atoms with Gasteiger partial charge in [-0.2, -0.15) is 0 Å². The summed E-state index contributed by atoms with van der Waals surface area (Å²) in [4.78, 5) is 25.4. The molecule has 1 spiro atoms. The van der Waals surface area contributed by atoms with Crippen LogP contribution < -0.4 is 5.32 Å². The summed E-state index contributed by atoms with van der Waals surface area (Å²) in [7, 11) is 0. The van der Waals surface area contributed by atoms with Crippen LogP contribution in [0.15, 0.2) is 11.6 Å². The summed E-state index contributed by atoms with van der Waals surface area (Å²) in [5.74, 6) is 0.0396. The van der Waals surface area contributed by atoms with Crippen molar-refractivity contribution in [3.05, 3.63) is 11.6 Å². The second-order valence-electron chi connectivity index (χ2n) is 4.96. The Bertz CT molecular complexity index is 383. The first kappa shape index (κ1) is 12.4.